The van der Waals surface area contributed by atoms with E-state index in [1.165, 1.54) is 35.6 Å². The highest BCUT2D eigenvalue weighted by molar-refractivity contribution is 6.38. The normalized spacial score (nSPS) is 13.9. The van der Waals surface area contributed by atoms with E-state index in [2.05, 4.69) is 10.3 Å². The number of pyridine rings is 1. The Hall–Kier alpha value is -3.44. The number of benzene rings is 1. The third kappa shape index (κ3) is 3.90. The van der Waals surface area contributed by atoms with Crippen molar-refractivity contribution in [1.29, 1.82) is 0 Å². The standard InChI is InChI=1S/C22H17ClF4N4O3/c1-2-21(34,22(25,26)27)16-11-30(29-28-16)10-12-7-8-31-15(9-12)18(23)17(20(32)33)19(31)13-3-5-14(24)6-4-13/h3-9,11,34H,2,10H2,1H3,(H,32,33). The van der Waals surface area contributed by atoms with Crippen LogP contribution in [-0.4, -0.2) is 41.8 Å². The number of aromatic nitrogens is 4. The quantitative estimate of drug-likeness (QED) is 0.371. The fraction of sp³-hybridized carbons (Fsp3) is 0.227. The van der Waals surface area contributed by atoms with Crippen LogP contribution in [-0.2, 0) is 12.1 Å². The van der Waals surface area contributed by atoms with Gasteiger partial charge in [0.25, 0.3) is 0 Å². The Morgan fingerprint density at radius 3 is 2.44 bits per heavy atom. The molecule has 0 radical (unpaired) electrons. The van der Waals surface area contributed by atoms with E-state index in [1.54, 1.807) is 18.3 Å². The van der Waals surface area contributed by atoms with Crippen molar-refractivity contribution in [1.82, 2.24) is 19.4 Å². The van der Waals surface area contributed by atoms with Gasteiger partial charge in [-0.3, -0.25) is 0 Å². The zero-order valence-corrected chi connectivity index (χ0v) is 18.3. The molecule has 4 rings (SSSR count). The summed E-state index contributed by atoms with van der Waals surface area (Å²) in [6, 6.07) is 8.44. The van der Waals surface area contributed by atoms with Crippen LogP contribution in [0.3, 0.4) is 0 Å². The van der Waals surface area contributed by atoms with Gasteiger partial charge < -0.3 is 14.6 Å². The van der Waals surface area contributed by atoms with Crippen LogP contribution in [0.1, 0.15) is 35.0 Å². The number of carbonyl (C=O) groups is 1. The SMILES string of the molecule is CCC(O)(c1cn(Cc2ccn3c(-c4ccc(F)cc4)c(C(=O)O)c(Cl)c3c2)nn1)C(F)(F)F. The molecular weight excluding hydrogens is 480 g/mol. The highest BCUT2D eigenvalue weighted by atomic mass is 35.5. The number of hydrogen-bond donors (Lipinski definition) is 2. The van der Waals surface area contributed by atoms with Gasteiger partial charge >= 0.3 is 12.1 Å². The van der Waals surface area contributed by atoms with Crippen LogP contribution in [0.25, 0.3) is 16.8 Å². The minimum absolute atomic E-state index is 0.0169. The first-order chi connectivity index (χ1) is 16.0. The highest BCUT2D eigenvalue weighted by Crippen LogP contribution is 2.40. The molecule has 0 amide bonds. The molecule has 0 spiro atoms. The number of alkyl halides is 3. The molecule has 0 saturated carbocycles. The van der Waals surface area contributed by atoms with Crippen molar-refractivity contribution >= 4 is 23.1 Å². The lowest BCUT2D eigenvalue weighted by atomic mass is 9.96. The first-order valence-electron chi connectivity index (χ1n) is 9.97. The summed E-state index contributed by atoms with van der Waals surface area (Å²) in [5.41, 5.74) is -2.38. The zero-order chi connectivity index (χ0) is 24.8. The smallest absolute Gasteiger partial charge is 0.423 e. The van der Waals surface area contributed by atoms with Crippen LogP contribution in [0.5, 0.6) is 0 Å². The maximum atomic E-state index is 13.4. The van der Waals surface area contributed by atoms with Crippen molar-refractivity contribution in [2.45, 2.75) is 31.7 Å². The van der Waals surface area contributed by atoms with Gasteiger partial charge in [0.15, 0.2) is 0 Å². The van der Waals surface area contributed by atoms with Gasteiger partial charge in [-0.25, -0.2) is 13.9 Å². The van der Waals surface area contributed by atoms with Gasteiger partial charge in [0, 0.05) is 6.20 Å². The molecule has 12 heteroatoms. The second-order valence-electron chi connectivity index (χ2n) is 7.65. The van der Waals surface area contributed by atoms with Gasteiger partial charge in [-0.05, 0) is 53.9 Å². The third-order valence-electron chi connectivity index (χ3n) is 5.56. The molecule has 0 saturated heterocycles. The number of hydrogen-bond acceptors (Lipinski definition) is 4. The van der Waals surface area contributed by atoms with E-state index >= 15 is 0 Å². The van der Waals surface area contributed by atoms with Crippen molar-refractivity contribution in [2.75, 3.05) is 0 Å². The minimum Gasteiger partial charge on any atom is -0.478 e. The molecule has 34 heavy (non-hydrogen) atoms. The summed E-state index contributed by atoms with van der Waals surface area (Å²) in [5, 5.41) is 26.9. The average molecular weight is 497 g/mol. The Kier molecular flexibility index (Phi) is 5.86. The number of aliphatic hydroxyl groups is 1. The lowest BCUT2D eigenvalue weighted by Crippen LogP contribution is -2.42. The van der Waals surface area contributed by atoms with E-state index < -0.39 is 35.7 Å². The van der Waals surface area contributed by atoms with E-state index in [0.717, 1.165) is 10.9 Å². The molecule has 0 fully saturated rings. The number of halogens is 5. The van der Waals surface area contributed by atoms with E-state index in [4.69, 9.17) is 11.6 Å². The molecule has 0 aliphatic rings. The Bertz CT molecular complexity index is 1380. The Balaban J connectivity index is 1.75. The molecule has 7 nitrogen and oxygen atoms in total. The van der Waals surface area contributed by atoms with Crippen molar-refractivity contribution in [3.8, 4) is 11.3 Å². The van der Waals surface area contributed by atoms with Gasteiger partial charge in [0.05, 0.1) is 29.0 Å². The molecule has 178 valence electrons. The van der Waals surface area contributed by atoms with Crippen molar-refractivity contribution < 1.29 is 32.6 Å². The predicted octanol–water partition coefficient (Wildman–Crippen LogP) is 4.90. The molecular formula is C22H17ClF4N4O3. The van der Waals surface area contributed by atoms with Crippen LogP contribution in [0.2, 0.25) is 5.02 Å². The summed E-state index contributed by atoms with van der Waals surface area (Å²) in [6.07, 6.45) is -3.00. The van der Waals surface area contributed by atoms with Crippen molar-refractivity contribution in [3.05, 3.63) is 76.5 Å². The lowest BCUT2D eigenvalue weighted by Gasteiger charge is -2.26. The minimum atomic E-state index is -4.93. The Morgan fingerprint density at radius 1 is 1.18 bits per heavy atom. The van der Waals surface area contributed by atoms with E-state index in [9.17, 15) is 32.6 Å². The lowest BCUT2D eigenvalue weighted by molar-refractivity contribution is -0.269. The van der Waals surface area contributed by atoms with Gasteiger partial charge in [0.2, 0.25) is 5.60 Å². The maximum absolute atomic E-state index is 13.4. The summed E-state index contributed by atoms with van der Waals surface area (Å²) in [4.78, 5) is 11.9. The maximum Gasteiger partial charge on any atom is 0.423 e. The Morgan fingerprint density at radius 2 is 1.85 bits per heavy atom. The summed E-state index contributed by atoms with van der Waals surface area (Å²) < 4.78 is 55.9. The fourth-order valence-corrected chi connectivity index (χ4v) is 4.04. The first-order valence-corrected chi connectivity index (χ1v) is 10.4. The molecule has 3 aromatic heterocycles. The van der Waals surface area contributed by atoms with E-state index in [-0.39, 0.29) is 22.8 Å². The Labute approximate surface area is 194 Å². The number of aromatic carboxylic acids is 1. The van der Waals surface area contributed by atoms with Crippen molar-refractivity contribution in [2.24, 2.45) is 0 Å². The van der Waals surface area contributed by atoms with Crippen LogP contribution < -0.4 is 0 Å². The fourth-order valence-electron chi connectivity index (χ4n) is 3.72. The van der Waals surface area contributed by atoms with Gasteiger partial charge in [-0.2, -0.15) is 13.2 Å². The molecule has 0 aliphatic heterocycles. The van der Waals surface area contributed by atoms with Crippen LogP contribution in [0, 0.1) is 5.82 Å². The third-order valence-corrected chi connectivity index (χ3v) is 5.94. The number of nitrogens with zero attached hydrogens (tertiary/aromatic N) is 4. The number of carboxylic acid groups (broad SMARTS) is 1. The number of fused-ring (bicyclic) bond motifs is 1. The molecule has 1 atom stereocenters. The van der Waals surface area contributed by atoms with Crippen LogP contribution >= 0.6 is 11.6 Å². The molecule has 1 unspecified atom stereocenters. The summed E-state index contributed by atoms with van der Waals surface area (Å²) in [6.45, 7) is 1.17. The van der Waals surface area contributed by atoms with Crippen molar-refractivity contribution in [3.63, 3.8) is 0 Å². The highest BCUT2D eigenvalue weighted by Gasteiger charge is 2.55. The van der Waals surface area contributed by atoms with Crippen LogP contribution in [0.15, 0.2) is 48.8 Å². The molecule has 2 N–H and O–H groups in total. The summed E-state index contributed by atoms with van der Waals surface area (Å²) in [7, 11) is 0. The molecule has 0 aliphatic carbocycles. The molecule has 4 aromatic rings. The van der Waals surface area contributed by atoms with E-state index in [1.807, 2.05) is 0 Å². The molecule has 0 bridgehead atoms. The van der Waals surface area contributed by atoms with Gasteiger partial charge in [0.1, 0.15) is 17.1 Å². The monoisotopic (exact) mass is 496 g/mol. The summed E-state index contributed by atoms with van der Waals surface area (Å²) >= 11 is 6.38. The second kappa shape index (κ2) is 8.41. The zero-order valence-electron chi connectivity index (χ0n) is 17.5. The summed E-state index contributed by atoms with van der Waals surface area (Å²) in [5.74, 6) is -1.76. The molecule has 1 aromatic carbocycles. The van der Waals surface area contributed by atoms with E-state index in [0.29, 0.717) is 16.6 Å². The molecule has 3 heterocycles. The number of rotatable bonds is 6. The van der Waals surface area contributed by atoms with Gasteiger partial charge in [-0.1, -0.05) is 23.7 Å². The first kappa shape index (κ1) is 23.7. The number of carboxylic acids is 1. The topological polar surface area (TPSA) is 92.7 Å². The largest absolute Gasteiger partial charge is 0.478 e. The van der Waals surface area contributed by atoms with Gasteiger partial charge in [-0.15, -0.1) is 5.10 Å². The second-order valence-corrected chi connectivity index (χ2v) is 8.03. The average Bonchev–Trinajstić information content (AvgIpc) is 3.36. The predicted molar refractivity (Wildman–Crippen MR) is 114 cm³/mol. The van der Waals surface area contributed by atoms with Crippen LogP contribution in [0.4, 0.5) is 17.6 Å².